The van der Waals surface area contributed by atoms with E-state index in [4.69, 9.17) is 11.6 Å². The second-order valence-electron chi connectivity index (χ2n) is 5.03. The van der Waals surface area contributed by atoms with E-state index < -0.39 is 0 Å². The first-order valence-electron chi connectivity index (χ1n) is 6.82. The van der Waals surface area contributed by atoms with Crippen LogP contribution in [-0.4, -0.2) is 32.3 Å². The van der Waals surface area contributed by atoms with Gasteiger partial charge in [-0.1, -0.05) is 23.7 Å². The van der Waals surface area contributed by atoms with Gasteiger partial charge in [0.15, 0.2) is 5.78 Å². The molecule has 0 aliphatic carbocycles. The van der Waals surface area contributed by atoms with Crippen LogP contribution in [0, 0.1) is 0 Å². The average Bonchev–Trinajstić information content (AvgIpc) is 2.52. The van der Waals surface area contributed by atoms with E-state index in [0.29, 0.717) is 16.1 Å². The largest absolute Gasteiger partial charge is 0.378 e. The number of benzene rings is 2. The third-order valence-electron chi connectivity index (χ3n) is 3.23. The van der Waals surface area contributed by atoms with E-state index in [0.717, 1.165) is 5.69 Å². The fourth-order valence-corrected chi connectivity index (χ4v) is 2.17. The van der Waals surface area contributed by atoms with Gasteiger partial charge in [0, 0.05) is 25.3 Å². The Morgan fingerprint density at radius 1 is 1.05 bits per heavy atom. The van der Waals surface area contributed by atoms with Crippen molar-refractivity contribution in [3.05, 3.63) is 64.7 Å². The van der Waals surface area contributed by atoms with Gasteiger partial charge >= 0.3 is 0 Å². The molecule has 0 aliphatic heterocycles. The molecule has 1 N–H and O–H groups in total. The molecule has 2 aromatic carbocycles. The number of amides is 1. The number of carbonyl (C=O) groups excluding carboxylic acids is 2. The molecule has 114 valence electrons. The van der Waals surface area contributed by atoms with Crippen molar-refractivity contribution in [2.24, 2.45) is 0 Å². The summed E-state index contributed by atoms with van der Waals surface area (Å²) >= 11 is 5.95. The number of Topliss-reactive ketones (excluding diaryl/α,β-unsaturated/α-hetero) is 1. The molecule has 1 amide bonds. The zero-order valence-corrected chi connectivity index (χ0v) is 13.2. The summed E-state index contributed by atoms with van der Waals surface area (Å²) in [6, 6.07) is 14.0. The predicted octanol–water partition coefficient (Wildman–Crippen LogP) is 3.02. The quantitative estimate of drug-likeness (QED) is 0.863. The summed E-state index contributed by atoms with van der Waals surface area (Å²) in [7, 11) is 3.86. The first-order valence-corrected chi connectivity index (χ1v) is 7.20. The number of nitrogens with zero attached hydrogens (tertiary/aromatic N) is 1. The normalized spacial score (nSPS) is 10.1. The molecular formula is C17H17ClN2O2. The summed E-state index contributed by atoms with van der Waals surface area (Å²) in [4.78, 5) is 26.0. The Labute approximate surface area is 134 Å². The van der Waals surface area contributed by atoms with E-state index in [1.807, 2.05) is 31.1 Å². The number of hydrogen-bond donors (Lipinski definition) is 1. The van der Waals surface area contributed by atoms with Crippen LogP contribution in [-0.2, 0) is 0 Å². The van der Waals surface area contributed by atoms with Gasteiger partial charge in [-0.05, 0) is 36.4 Å². The van der Waals surface area contributed by atoms with Gasteiger partial charge in [-0.25, -0.2) is 0 Å². The second kappa shape index (κ2) is 7.09. The van der Waals surface area contributed by atoms with Gasteiger partial charge in [0.2, 0.25) is 0 Å². The summed E-state index contributed by atoms with van der Waals surface area (Å²) < 4.78 is 0. The van der Waals surface area contributed by atoms with Crippen LogP contribution in [0.5, 0.6) is 0 Å². The number of halogens is 1. The minimum absolute atomic E-state index is 0.0641. The van der Waals surface area contributed by atoms with Crippen LogP contribution < -0.4 is 10.2 Å². The van der Waals surface area contributed by atoms with E-state index in [2.05, 4.69) is 5.32 Å². The third kappa shape index (κ3) is 3.86. The molecule has 0 spiro atoms. The average molecular weight is 317 g/mol. The van der Waals surface area contributed by atoms with Crippen LogP contribution in [0.15, 0.2) is 48.5 Å². The third-order valence-corrected chi connectivity index (χ3v) is 3.56. The van der Waals surface area contributed by atoms with Crippen molar-refractivity contribution < 1.29 is 9.59 Å². The zero-order chi connectivity index (χ0) is 16.1. The first-order chi connectivity index (χ1) is 10.5. The molecule has 5 heteroatoms. The summed E-state index contributed by atoms with van der Waals surface area (Å²) in [5, 5.41) is 2.96. The Balaban J connectivity index is 1.98. The van der Waals surface area contributed by atoms with Crippen LogP contribution in [0.25, 0.3) is 0 Å². The fourth-order valence-electron chi connectivity index (χ4n) is 1.95. The molecule has 0 saturated heterocycles. The second-order valence-corrected chi connectivity index (χ2v) is 5.43. The van der Waals surface area contributed by atoms with Gasteiger partial charge in [-0.2, -0.15) is 0 Å². The summed E-state index contributed by atoms with van der Waals surface area (Å²) in [6.07, 6.45) is 0. The first kappa shape index (κ1) is 16.0. The van der Waals surface area contributed by atoms with E-state index in [1.54, 1.807) is 36.4 Å². The number of ketones is 1. The molecule has 0 fully saturated rings. The summed E-state index contributed by atoms with van der Waals surface area (Å²) in [5.74, 6) is -0.505. The Morgan fingerprint density at radius 3 is 2.27 bits per heavy atom. The summed E-state index contributed by atoms with van der Waals surface area (Å²) in [6.45, 7) is -0.0641. The van der Waals surface area contributed by atoms with Gasteiger partial charge in [-0.15, -0.1) is 0 Å². The van der Waals surface area contributed by atoms with E-state index in [1.165, 1.54) is 0 Å². The van der Waals surface area contributed by atoms with Crippen molar-refractivity contribution in [1.82, 2.24) is 5.32 Å². The maximum absolute atomic E-state index is 12.1. The Hall–Kier alpha value is -2.33. The van der Waals surface area contributed by atoms with Gasteiger partial charge in [0.1, 0.15) is 0 Å². The predicted molar refractivity (Wildman–Crippen MR) is 88.9 cm³/mol. The minimum atomic E-state index is -0.358. The van der Waals surface area contributed by atoms with Crippen molar-refractivity contribution in [3.63, 3.8) is 0 Å². The molecular weight excluding hydrogens is 300 g/mol. The molecule has 0 aliphatic rings. The molecule has 0 aromatic heterocycles. The van der Waals surface area contributed by atoms with E-state index in [-0.39, 0.29) is 18.2 Å². The maximum atomic E-state index is 12.1. The molecule has 0 bridgehead atoms. The SMILES string of the molecule is CN(C)c1ccc(C(=O)CNC(=O)c2ccccc2Cl)cc1. The molecule has 0 heterocycles. The van der Waals surface area contributed by atoms with Crippen LogP contribution in [0.3, 0.4) is 0 Å². The Bertz CT molecular complexity index is 681. The van der Waals surface area contributed by atoms with Crippen molar-refractivity contribution >= 4 is 29.0 Å². The van der Waals surface area contributed by atoms with Gasteiger partial charge < -0.3 is 10.2 Å². The highest BCUT2D eigenvalue weighted by Gasteiger charge is 2.12. The number of nitrogens with one attached hydrogen (secondary N) is 1. The van der Waals surface area contributed by atoms with Gasteiger partial charge in [0.05, 0.1) is 17.1 Å². The highest BCUT2D eigenvalue weighted by Crippen LogP contribution is 2.15. The smallest absolute Gasteiger partial charge is 0.253 e. The molecule has 22 heavy (non-hydrogen) atoms. The minimum Gasteiger partial charge on any atom is -0.378 e. The molecule has 0 atom stereocenters. The highest BCUT2D eigenvalue weighted by molar-refractivity contribution is 6.33. The van der Waals surface area contributed by atoms with Gasteiger partial charge in [0.25, 0.3) is 5.91 Å². The van der Waals surface area contributed by atoms with Crippen molar-refractivity contribution in [1.29, 1.82) is 0 Å². The number of carbonyl (C=O) groups is 2. The van der Waals surface area contributed by atoms with Crippen LogP contribution in [0.1, 0.15) is 20.7 Å². The lowest BCUT2D eigenvalue weighted by atomic mass is 10.1. The van der Waals surface area contributed by atoms with Crippen LogP contribution >= 0.6 is 11.6 Å². The molecule has 4 nitrogen and oxygen atoms in total. The zero-order valence-electron chi connectivity index (χ0n) is 12.5. The van der Waals surface area contributed by atoms with E-state index >= 15 is 0 Å². The molecule has 2 aromatic rings. The van der Waals surface area contributed by atoms with E-state index in [9.17, 15) is 9.59 Å². The lowest BCUT2D eigenvalue weighted by Crippen LogP contribution is -2.29. The lowest BCUT2D eigenvalue weighted by Gasteiger charge is -2.12. The van der Waals surface area contributed by atoms with Crippen molar-refractivity contribution in [3.8, 4) is 0 Å². The summed E-state index contributed by atoms with van der Waals surface area (Å²) in [5.41, 5.74) is 1.93. The molecule has 0 radical (unpaired) electrons. The Kier molecular flexibility index (Phi) is 5.17. The molecule has 0 unspecified atom stereocenters. The topological polar surface area (TPSA) is 49.4 Å². The Morgan fingerprint density at radius 2 is 1.68 bits per heavy atom. The maximum Gasteiger partial charge on any atom is 0.253 e. The lowest BCUT2D eigenvalue weighted by molar-refractivity contribution is 0.0904. The van der Waals surface area contributed by atoms with Gasteiger partial charge in [-0.3, -0.25) is 9.59 Å². The molecule has 2 rings (SSSR count). The van der Waals surface area contributed by atoms with Crippen molar-refractivity contribution in [2.45, 2.75) is 0 Å². The number of rotatable bonds is 5. The number of hydrogen-bond acceptors (Lipinski definition) is 3. The van der Waals surface area contributed by atoms with Crippen molar-refractivity contribution in [2.75, 3.05) is 25.5 Å². The standard InChI is InChI=1S/C17H17ClN2O2/c1-20(2)13-9-7-12(8-10-13)16(21)11-19-17(22)14-5-3-4-6-15(14)18/h3-10H,11H2,1-2H3,(H,19,22). The highest BCUT2D eigenvalue weighted by atomic mass is 35.5. The fraction of sp³-hybridized carbons (Fsp3) is 0.176. The van der Waals surface area contributed by atoms with Crippen LogP contribution in [0.4, 0.5) is 5.69 Å². The molecule has 0 saturated carbocycles. The monoisotopic (exact) mass is 316 g/mol. The van der Waals surface area contributed by atoms with Crippen LogP contribution in [0.2, 0.25) is 5.02 Å². The number of anilines is 1.